The molecule has 3 aliphatic heterocycles. The minimum Gasteiger partial charge on any atom is -0.396 e. The third-order valence-corrected chi connectivity index (χ3v) is 12.3. The van der Waals surface area contributed by atoms with Gasteiger partial charge in [0.25, 0.3) is 5.91 Å². The van der Waals surface area contributed by atoms with Gasteiger partial charge in [0.2, 0.25) is 11.8 Å². The maximum Gasteiger partial charge on any atom is 0.251 e. The van der Waals surface area contributed by atoms with Crippen LogP contribution in [0.3, 0.4) is 0 Å². The van der Waals surface area contributed by atoms with Crippen LogP contribution in [0.15, 0.2) is 73.8 Å². The molecular weight excluding hydrogens is 595 g/mol. The van der Waals surface area contributed by atoms with E-state index in [1.54, 1.807) is 23.9 Å². The number of fused-ring (bicyclic) bond motifs is 1. The van der Waals surface area contributed by atoms with Gasteiger partial charge in [-0.25, -0.2) is 0 Å². The predicted molar refractivity (Wildman–Crippen MR) is 186 cm³/mol. The van der Waals surface area contributed by atoms with E-state index in [1.165, 1.54) is 0 Å². The molecule has 3 aliphatic rings. The molecule has 2 bridgehead atoms. The number of hydrogen-bond donors (Lipinski definition) is 1. The number of benzene rings is 2. The van der Waals surface area contributed by atoms with Crippen LogP contribution in [-0.4, -0.2) is 74.9 Å². The first-order chi connectivity index (χ1) is 22.2. The Morgan fingerprint density at radius 2 is 1.65 bits per heavy atom. The van der Waals surface area contributed by atoms with Crippen LogP contribution in [0.25, 0.3) is 0 Å². The zero-order valence-electron chi connectivity index (χ0n) is 27.6. The first-order valence-corrected chi connectivity index (χ1v) is 17.6. The van der Waals surface area contributed by atoms with Crippen LogP contribution in [-0.2, 0) is 20.9 Å². The summed E-state index contributed by atoms with van der Waals surface area (Å²) in [4.78, 5) is 49.9. The van der Waals surface area contributed by atoms with Gasteiger partial charge in [-0.1, -0.05) is 80.4 Å². The van der Waals surface area contributed by atoms with Crippen molar-refractivity contribution in [2.45, 2.75) is 75.5 Å². The molecule has 1 N–H and O–H groups in total. The van der Waals surface area contributed by atoms with E-state index >= 15 is 4.79 Å². The number of carbonyl (C=O) groups is 3. The maximum atomic E-state index is 15.1. The molecule has 0 saturated carbocycles. The third-order valence-electron chi connectivity index (χ3n) is 10.2. The molecule has 2 aromatic rings. The zero-order valence-corrected chi connectivity index (χ0v) is 28.4. The largest absolute Gasteiger partial charge is 0.396 e. The minimum atomic E-state index is -0.702. The fourth-order valence-electron chi connectivity index (χ4n) is 8.27. The van der Waals surface area contributed by atoms with Gasteiger partial charge in [0.05, 0.1) is 16.6 Å². The lowest BCUT2D eigenvalue weighted by molar-refractivity contribution is -0.144. The smallest absolute Gasteiger partial charge is 0.251 e. The molecule has 1 spiro atoms. The van der Waals surface area contributed by atoms with Crippen molar-refractivity contribution in [2.75, 3.05) is 31.1 Å². The molecule has 2 aromatic carbocycles. The second kappa shape index (κ2) is 14.6. The van der Waals surface area contributed by atoms with Gasteiger partial charge in [-0.3, -0.25) is 14.4 Å². The number of aliphatic hydroxyl groups excluding tert-OH is 1. The third kappa shape index (κ3) is 6.06. The van der Waals surface area contributed by atoms with Crippen molar-refractivity contribution in [1.29, 1.82) is 0 Å². The summed E-state index contributed by atoms with van der Waals surface area (Å²) in [6.45, 7) is 15.9. The topological polar surface area (TPSA) is 81.2 Å². The maximum absolute atomic E-state index is 15.1. The molecule has 3 saturated heterocycles. The van der Waals surface area contributed by atoms with Gasteiger partial charge in [-0.05, 0) is 55.7 Å². The molecule has 0 aliphatic carbocycles. The van der Waals surface area contributed by atoms with Crippen LogP contribution in [0, 0.1) is 31.6 Å². The molecule has 246 valence electrons. The van der Waals surface area contributed by atoms with Crippen molar-refractivity contribution in [1.82, 2.24) is 9.80 Å². The number of carbonyl (C=O) groups excluding carboxylic acids is 3. The number of anilines is 1. The number of likely N-dealkylation sites (tertiary alicyclic amines) is 1. The number of amides is 3. The highest BCUT2D eigenvalue weighted by molar-refractivity contribution is 8.02. The summed E-state index contributed by atoms with van der Waals surface area (Å²) in [6, 6.07) is 15.3. The van der Waals surface area contributed by atoms with Gasteiger partial charge in [0.1, 0.15) is 6.04 Å². The van der Waals surface area contributed by atoms with Gasteiger partial charge < -0.3 is 19.8 Å². The minimum absolute atomic E-state index is 0.0259. The van der Waals surface area contributed by atoms with E-state index in [0.717, 1.165) is 48.1 Å². The van der Waals surface area contributed by atoms with Gasteiger partial charge >= 0.3 is 0 Å². The van der Waals surface area contributed by atoms with E-state index in [-0.39, 0.29) is 35.5 Å². The number of thioether (sulfide) groups is 1. The number of hydrogen-bond acceptors (Lipinski definition) is 5. The van der Waals surface area contributed by atoms with E-state index in [0.29, 0.717) is 32.6 Å². The SMILES string of the molecule is C=CCN(Cc1ccccc1)C(=O)[C@@H]1[C@H]2C(=O)N(CCCCCCO)C(C(=O)N(CC=C)c3c(C)cccc3C)C23S[C@@H]1CC3C. The number of para-hydroxylation sites is 1. The van der Waals surface area contributed by atoms with E-state index in [4.69, 9.17) is 0 Å². The number of aryl methyl sites for hydroxylation is 2. The molecular formula is C38H49N3O4S. The van der Waals surface area contributed by atoms with Crippen LogP contribution >= 0.6 is 11.8 Å². The molecule has 3 amide bonds. The van der Waals surface area contributed by atoms with Crippen LogP contribution in [0.1, 0.15) is 55.7 Å². The Morgan fingerprint density at radius 3 is 2.30 bits per heavy atom. The predicted octanol–water partition coefficient (Wildman–Crippen LogP) is 5.93. The number of unbranched alkanes of at least 4 members (excludes halogenated alkanes) is 3. The summed E-state index contributed by atoms with van der Waals surface area (Å²) in [5.41, 5.74) is 3.88. The van der Waals surface area contributed by atoms with Gasteiger partial charge in [-0.2, -0.15) is 0 Å². The van der Waals surface area contributed by atoms with Crippen molar-refractivity contribution < 1.29 is 19.5 Å². The van der Waals surface area contributed by atoms with E-state index < -0.39 is 22.6 Å². The fourth-order valence-corrected chi connectivity index (χ4v) is 10.7. The van der Waals surface area contributed by atoms with Crippen molar-refractivity contribution >= 4 is 35.2 Å². The van der Waals surface area contributed by atoms with E-state index in [2.05, 4.69) is 20.1 Å². The lowest BCUT2D eigenvalue weighted by Gasteiger charge is -2.41. The molecule has 0 radical (unpaired) electrons. The van der Waals surface area contributed by atoms with Gasteiger partial charge in [-0.15, -0.1) is 24.9 Å². The standard InChI is InChI=1S/C38H49N3O4S/c1-6-20-39(25-29-18-11-10-12-19-29)35(43)31-30-24-28(5)38(46-30)32(31)36(44)41(22-13-8-9-14-23-42)34(38)37(45)40(21-7-2)33-26(3)16-15-17-27(33)4/h6-7,10-12,15-19,28,30-32,34,42H,1-2,8-9,13-14,20-25H2,3-5H3/t28?,30-,31+,32+,34?,38?/m1/s1. The summed E-state index contributed by atoms with van der Waals surface area (Å²) in [7, 11) is 0. The Labute approximate surface area is 278 Å². The van der Waals surface area contributed by atoms with Crippen molar-refractivity contribution in [2.24, 2.45) is 17.8 Å². The molecule has 3 fully saturated rings. The summed E-state index contributed by atoms with van der Waals surface area (Å²) < 4.78 is -0.702. The molecule has 0 aromatic heterocycles. The molecule has 3 heterocycles. The zero-order chi connectivity index (χ0) is 33.0. The molecule has 6 atom stereocenters. The summed E-state index contributed by atoms with van der Waals surface area (Å²) in [6.07, 6.45) is 7.46. The van der Waals surface area contributed by atoms with Crippen LogP contribution < -0.4 is 4.90 Å². The Balaban J connectivity index is 1.55. The Kier molecular flexibility index (Phi) is 10.8. The van der Waals surface area contributed by atoms with Crippen LogP contribution in [0.2, 0.25) is 0 Å². The number of aliphatic hydroxyl groups is 1. The second-order valence-electron chi connectivity index (χ2n) is 13.2. The molecule has 7 nitrogen and oxygen atoms in total. The Bertz CT molecular complexity index is 1430. The van der Waals surface area contributed by atoms with Gasteiger partial charge in [0, 0.05) is 43.7 Å². The lowest BCUT2D eigenvalue weighted by Crippen LogP contribution is -2.58. The second-order valence-corrected chi connectivity index (χ2v) is 14.7. The number of nitrogens with zero attached hydrogens (tertiary/aromatic N) is 3. The van der Waals surface area contributed by atoms with E-state index in [1.807, 2.05) is 77.1 Å². The fraction of sp³-hybridized carbons (Fsp3) is 0.500. The number of rotatable bonds is 15. The Morgan fingerprint density at radius 1 is 0.978 bits per heavy atom. The molecule has 5 rings (SSSR count). The summed E-state index contributed by atoms with van der Waals surface area (Å²) in [5, 5.41) is 9.26. The first-order valence-electron chi connectivity index (χ1n) is 16.7. The quantitative estimate of drug-likeness (QED) is 0.192. The average Bonchev–Trinajstić information content (AvgIpc) is 3.63. The summed E-state index contributed by atoms with van der Waals surface area (Å²) in [5.74, 6) is -1.18. The molecule has 8 heteroatoms. The van der Waals surface area contributed by atoms with Crippen molar-refractivity contribution in [3.05, 3.63) is 90.5 Å². The normalized spacial score (nSPS) is 26.2. The van der Waals surface area contributed by atoms with Crippen LogP contribution in [0.5, 0.6) is 0 Å². The van der Waals surface area contributed by atoms with Gasteiger partial charge in [0.15, 0.2) is 0 Å². The highest BCUT2D eigenvalue weighted by Crippen LogP contribution is 2.69. The summed E-state index contributed by atoms with van der Waals surface area (Å²) >= 11 is 1.72. The van der Waals surface area contributed by atoms with E-state index in [9.17, 15) is 14.7 Å². The highest BCUT2D eigenvalue weighted by atomic mass is 32.2. The highest BCUT2D eigenvalue weighted by Gasteiger charge is 2.76. The first kappa shape index (κ1) is 34.0. The molecule has 46 heavy (non-hydrogen) atoms. The van der Waals surface area contributed by atoms with Crippen LogP contribution in [0.4, 0.5) is 5.69 Å². The van der Waals surface area contributed by atoms with Crippen molar-refractivity contribution in [3.8, 4) is 0 Å². The average molecular weight is 644 g/mol. The van der Waals surface area contributed by atoms with Crippen molar-refractivity contribution in [3.63, 3.8) is 0 Å². The monoisotopic (exact) mass is 643 g/mol. The lowest BCUT2D eigenvalue weighted by atomic mass is 9.65. The Hall–Kier alpha value is -3.36. The molecule has 3 unspecified atom stereocenters.